The highest BCUT2D eigenvalue weighted by Crippen LogP contribution is 2.33. The second kappa shape index (κ2) is 8.70. The first kappa shape index (κ1) is 18.3. The van der Waals surface area contributed by atoms with E-state index in [1.807, 2.05) is 33.8 Å². The number of benzene rings is 3. The van der Waals surface area contributed by atoms with E-state index in [2.05, 4.69) is 87.2 Å². The van der Waals surface area contributed by atoms with Crippen molar-refractivity contribution in [1.82, 2.24) is 4.57 Å². The topological polar surface area (TPSA) is 4.93 Å². The van der Waals surface area contributed by atoms with Gasteiger partial charge in [-0.1, -0.05) is 80.0 Å². The summed E-state index contributed by atoms with van der Waals surface area (Å²) >= 11 is 3.57. The molecule has 0 N–H and O–H groups in total. The molecule has 1 heterocycles. The van der Waals surface area contributed by atoms with Crippen LogP contribution in [-0.2, 0) is 0 Å². The average Bonchev–Trinajstić information content (AvgIpc) is 2.99. The molecule has 24 heavy (non-hydrogen) atoms. The van der Waals surface area contributed by atoms with Gasteiger partial charge < -0.3 is 4.57 Å². The van der Waals surface area contributed by atoms with Crippen LogP contribution in [0.1, 0.15) is 27.7 Å². The van der Waals surface area contributed by atoms with Gasteiger partial charge in [-0.3, -0.25) is 0 Å². The summed E-state index contributed by atoms with van der Waals surface area (Å²) in [6.07, 6.45) is 0. The number of aromatic nitrogens is 1. The Labute approximate surface area is 153 Å². The van der Waals surface area contributed by atoms with Gasteiger partial charge in [-0.15, -0.1) is 0 Å². The minimum Gasteiger partial charge on any atom is -0.309 e. The van der Waals surface area contributed by atoms with Crippen LogP contribution in [-0.4, -0.2) is 4.57 Å². The molecule has 0 aliphatic carbocycles. The molecule has 0 aliphatic heterocycles. The second-order valence-corrected chi connectivity index (χ2v) is 5.77. The first-order chi connectivity index (χ1) is 11.8. The third kappa shape index (κ3) is 3.39. The minimum absolute atomic E-state index is 1.11. The molecule has 1 aromatic heterocycles. The molecule has 0 radical (unpaired) electrons. The van der Waals surface area contributed by atoms with Gasteiger partial charge in [-0.2, -0.15) is 0 Å². The molecule has 4 rings (SSSR count). The highest BCUT2D eigenvalue weighted by Gasteiger charge is 2.11. The van der Waals surface area contributed by atoms with E-state index in [9.17, 15) is 0 Å². The Balaban J connectivity index is 0.000000487. The van der Waals surface area contributed by atoms with E-state index < -0.39 is 0 Å². The van der Waals surface area contributed by atoms with Crippen LogP contribution in [0.3, 0.4) is 0 Å². The third-order valence-corrected chi connectivity index (χ3v) is 4.14. The Morgan fingerprint density at radius 1 is 0.625 bits per heavy atom. The Morgan fingerprint density at radius 2 is 1.21 bits per heavy atom. The van der Waals surface area contributed by atoms with Gasteiger partial charge in [-0.25, -0.2) is 0 Å². The zero-order valence-electron chi connectivity index (χ0n) is 14.8. The highest BCUT2D eigenvalue weighted by atomic mass is 79.9. The number of nitrogens with zero attached hydrogens (tertiary/aromatic N) is 1. The molecular weight excluding hydrogens is 358 g/mol. The summed E-state index contributed by atoms with van der Waals surface area (Å²) in [5, 5.41) is 2.56. The van der Waals surface area contributed by atoms with Crippen LogP contribution in [0.5, 0.6) is 0 Å². The van der Waals surface area contributed by atoms with E-state index in [-0.39, 0.29) is 0 Å². The molecule has 4 aromatic rings. The molecule has 0 amide bonds. The van der Waals surface area contributed by atoms with E-state index in [0.29, 0.717) is 0 Å². The lowest BCUT2D eigenvalue weighted by Crippen LogP contribution is -1.92. The summed E-state index contributed by atoms with van der Waals surface area (Å²) < 4.78 is 3.43. The van der Waals surface area contributed by atoms with Crippen LogP contribution in [0.4, 0.5) is 0 Å². The Bertz CT molecular complexity index is 907. The molecule has 0 saturated heterocycles. The number of rotatable bonds is 1. The molecular formula is C22H24BrN. The smallest absolute Gasteiger partial charge is 0.0541 e. The highest BCUT2D eigenvalue weighted by molar-refractivity contribution is 9.10. The molecule has 124 valence electrons. The molecule has 0 aliphatic rings. The lowest BCUT2D eigenvalue weighted by Gasteiger charge is -2.07. The molecule has 0 bridgehead atoms. The maximum atomic E-state index is 3.57. The van der Waals surface area contributed by atoms with Crippen molar-refractivity contribution in [3.8, 4) is 5.69 Å². The molecule has 0 unspecified atom stereocenters. The van der Waals surface area contributed by atoms with Crippen molar-refractivity contribution in [2.45, 2.75) is 27.7 Å². The van der Waals surface area contributed by atoms with Gasteiger partial charge in [-0.05, 0) is 36.4 Å². The van der Waals surface area contributed by atoms with Crippen molar-refractivity contribution < 1.29 is 0 Å². The van der Waals surface area contributed by atoms with Gasteiger partial charge in [0.1, 0.15) is 0 Å². The van der Waals surface area contributed by atoms with Crippen molar-refractivity contribution >= 4 is 37.7 Å². The number of fused-ring (bicyclic) bond motifs is 3. The van der Waals surface area contributed by atoms with Crippen LogP contribution in [0.2, 0.25) is 0 Å². The quantitative estimate of drug-likeness (QED) is 0.319. The van der Waals surface area contributed by atoms with Crippen molar-refractivity contribution in [2.75, 3.05) is 0 Å². The lowest BCUT2D eigenvalue weighted by molar-refractivity contribution is 1.18. The van der Waals surface area contributed by atoms with Crippen LogP contribution >= 0.6 is 15.9 Å². The first-order valence-corrected chi connectivity index (χ1v) is 9.38. The van der Waals surface area contributed by atoms with Gasteiger partial charge in [0.25, 0.3) is 0 Å². The molecule has 0 fully saturated rings. The number of halogens is 1. The number of hydrogen-bond acceptors (Lipinski definition) is 0. The predicted octanol–water partition coefficient (Wildman–Crippen LogP) is 7.60. The van der Waals surface area contributed by atoms with E-state index >= 15 is 0 Å². The van der Waals surface area contributed by atoms with Gasteiger partial charge >= 0.3 is 0 Å². The van der Waals surface area contributed by atoms with Gasteiger partial charge in [0.2, 0.25) is 0 Å². The average molecular weight is 382 g/mol. The summed E-state index contributed by atoms with van der Waals surface area (Å²) in [6.45, 7) is 8.00. The van der Waals surface area contributed by atoms with Crippen LogP contribution in [0.15, 0.2) is 77.3 Å². The lowest BCUT2D eigenvalue weighted by atomic mass is 10.2. The van der Waals surface area contributed by atoms with Gasteiger partial charge in [0, 0.05) is 20.9 Å². The third-order valence-electron chi connectivity index (χ3n) is 3.65. The van der Waals surface area contributed by atoms with E-state index in [4.69, 9.17) is 0 Å². The molecule has 0 spiro atoms. The second-order valence-electron chi connectivity index (χ2n) is 4.85. The van der Waals surface area contributed by atoms with Gasteiger partial charge in [0.15, 0.2) is 0 Å². The van der Waals surface area contributed by atoms with Crippen molar-refractivity contribution in [2.24, 2.45) is 0 Å². The van der Waals surface area contributed by atoms with Crippen LogP contribution < -0.4 is 0 Å². The van der Waals surface area contributed by atoms with Crippen LogP contribution in [0.25, 0.3) is 27.5 Å². The molecule has 0 atom stereocenters. The number of hydrogen-bond donors (Lipinski definition) is 0. The SMILES string of the molecule is Brc1ccc2c(c1)c1ccccc1n2-c1ccccc1.CC.CC. The largest absolute Gasteiger partial charge is 0.309 e. The Kier molecular flexibility index (Phi) is 6.62. The summed E-state index contributed by atoms with van der Waals surface area (Å²) in [5.74, 6) is 0. The zero-order chi connectivity index (χ0) is 17.5. The van der Waals surface area contributed by atoms with Crippen molar-refractivity contribution in [3.63, 3.8) is 0 Å². The minimum atomic E-state index is 1.11. The van der Waals surface area contributed by atoms with E-state index in [1.165, 1.54) is 27.5 Å². The summed E-state index contributed by atoms with van der Waals surface area (Å²) in [7, 11) is 0. The standard InChI is InChI=1S/C18H12BrN.2C2H6/c19-13-10-11-18-16(12-13)15-8-4-5-9-17(15)20(18)14-6-2-1-3-7-14;2*1-2/h1-12H;2*1-2H3. The zero-order valence-corrected chi connectivity index (χ0v) is 16.3. The summed E-state index contributed by atoms with van der Waals surface area (Å²) in [6, 6.07) is 25.5. The van der Waals surface area contributed by atoms with E-state index in [1.54, 1.807) is 0 Å². The monoisotopic (exact) mass is 381 g/mol. The Hall–Kier alpha value is -2.06. The molecule has 2 heteroatoms. The van der Waals surface area contributed by atoms with E-state index in [0.717, 1.165) is 4.47 Å². The maximum absolute atomic E-state index is 3.57. The fourth-order valence-corrected chi connectivity index (χ4v) is 3.16. The summed E-state index contributed by atoms with van der Waals surface area (Å²) in [4.78, 5) is 0. The Morgan fingerprint density at radius 3 is 1.92 bits per heavy atom. The van der Waals surface area contributed by atoms with Gasteiger partial charge in [0.05, 0.1) is 11.0 Å². The molecule has 3 aromatic carbocycles. The molecule has 1 nitrogen and oxygen atoms in total. The van der Waals surface area contributed by atoms with Crippen molar-refractivity contribution in [1.29, 1.82) is 0 Å². The molecule has 0 saturated carbocycles. The van der Waals surface area contributed by atoms with Crippen LogP contribution in [0, 0.1) is 0 Å². The fraction of sp³-hybridized carbons (Fsp3) is 0.182. The summed E-state index contributed by atoms with van der Waals surface area (Å²) in [5.41, 5.74) is 3.67. The normalized spacial score (nSPS) is 9.88. The number of para-hydroxylation sites is 2. The fourth-order valence-electron chi connectivity index (χ4n) is 2.80. The predicted molar refractivity (Wildman–Crippen MR) is 111 cm³/mol. The maximum Gasteiger partial charge on any atom is 0.0541 e. The first-order valence-electron chi connectivity index (χ1n) is 8.59. The van der Waals surface area contributed by atoms with Crippen molar-refractivity contribution in [3.05, 3.63) is 77.3 Å².